The van der Waals surface area contributed by atoms with E-state index in [4.69, 9.17) is 11.6 Å². The minimum absolute atomic E-state index is 0.189. The average Bonchev–Trinajstić information content (AvgIpc) is 2.41. The predicted molar refractivity (Wildman–Crippen MR) is 73.2 cm³/mol. The van der Waals surface area contributed by atoms with E-state index >= 15 is 0 Å². The Morgan fingerprint density at radius 3 is 2.63 bits per heavy atom. The molecule has 2 aromatic rings. The van der Waals surface area contributed by atoms with Crippen molar-refractivity contribution in [2.45, 2.75) is 6.54 Å². The van der Waals surface area contributed by atoms with Crippen LogP contribution in [0.2, 0.25) is 5.02 Å². The Bertz CT molecular complexity index is 584. The molecule has 1 aromatic carbocycles. The Kier molecular flexibility index (Phi) is 4.02. The number of benzene rings is 1. The summed E-state index contributed by atoms with van der Waals surface area (Å²) in [4.78, 5) is 17.6. The molecule has 1 amide bonds. The van der Waals surface area contributed by atoms with Gasteiger partial charge in [-0.15, -0.1) is 0 Å². The second-order valence-corrected chi connectivity index (χ2v) is 4.59. The second kappa shape index (κ2) is 5.71. The van der Waals surface area contributed by atoms with Gasteiger partial charge in [0.25, 0.3) is 5.91 Å². The number of phenols is 1. The Morgan fingerprint density at radius 1 is 1.32 bits per heavy atom. The molecule has 0 atom stereocenters. The summed E-state index contributed by atoms with van der Waals surface area (Å²) in [6.45, 7) is 0.435. The number of aromatic nitrogens is 1. The predicted octanol–water partition coefficient (Wildman–Crippen LogP) is 2.71. The van der Waals surface area contributed by atoms with Crippen LogP contribution in [0, 0.1) is 0 Å². The average molecular weight is 277 g/mol. The molecule has 0 fully saturated rings. The lowest BCUT2D eigenvalue weighted by molar-refractivity contribution is 0.0785. The standard InChI is InChI=1S/C14H13ClN2O2/c1-17(9-10-2-4-11(18)5-3-10)14(19)12-8-16-7-6-13(12)15/h2-8,18H,9H2,1H3. The Hall–Kier alpha value is -2.07. The van der Waals surface area contributed by atoms with E-state index in [1.165, 1.54) is 6.20 Å². The van der Waals surface area contributed by atoms with Crippen molar-refractivity contribution in [3.8, 4) is 5.75 Å². The number of carbonyl (C=O) groups is 1. The number of hydrogen-bond donors (Lipinski definition) is 1. The molecule has 5 heteroatoms. The molecule has 2 rings (SSSR count). The molecule has 0 saturated heterocycles. The molecular formula is C14H13ClN2O2. The van der Waals surface area contributed by atoms with Gasteiger partial charge in [0.2, 0.25) is 0 Å². The zero-order chi connectivity index (χ0) is 13.8. The first-order valence-electron chi connectivity index (χ1n) is 5.71. The molecule has 4 nitrogen and oxygen atoms in total. The van der Waals surface area contributed by atoms with E-state index in [9.17, 15) is 9.90 Å². The highest BCUT2D eigenvalue weighted by Gasteiger charge is 2.15. The molecule has 0 saturated carbocycles. The number of pyridine rings is 1. The van der Waals surface area contributed by atoms with Crippen molar-refractivity contribution in [2.24, 2.45) is 0 Å². The molecule has 0 bridgehead atoms. The maximum absolute atomic E-state index is 12.2. The molecule has 98 valence electrons. The third-order valence-corrected chi connectivity index (χ3v) is 3.03. The van der Waals surface area contributed by atoms with E-state index in [1.807, 2.05) is 0 Å². The quantitative estimate of drug-likeness (QED) is 0.938. The summed E-state index contributed by atoms with van der Waals surface area (Å²) in [5, 5.41) is 9.59. The van der Waals surface area contributed by atoms with Gasteiger partial charge in [-0.3, -0.25) is 9.78 Å². The van der Waals surface area contributed by atoms with E-state index in [2.05, 4.69) is 4.98 Å². The van der Waals surface area contributed by atoms with Crippen LogP contribution < -0.4 is 0 Å². The van der Waals surface area contributed by atoms with Gasteiger partial charge in [0.15, 0.2) is 0 Å². The minimum atomic E-state index is -0.189. The lowest BCUT2D eigenvalue weighted by atomic mass is 10.2. The first-order chi connectivity index (χ1) is 9.08. The first kappa shape index (κ1) is 13.4. The fourth-order valence-electron chi connectivity index (χ4n) is 1.69. The minimum Gasteiger partial charge on any atom is -0.508 e. The van der Waals surface area contributed by atoms with Gasteiger partial charge in [0.1, 0.15) is 5.75 Å². The number of amides is 1. The lowest BCUT2D eigenvalue weighted by Gasteiger charge is -2.17. The molecular weight excluding hydrogens is 264 g/mol. The zero-order valence-electron chi connectivity index (χ0n) is 10.4. The van der Waals surface area contributed by atoms with Crippen LogP contribution in [0.3, 0.4) is 0 Å². The summed E-state index contributed by atoms with van der Waals surface area (Å²) in [5.41, 5.74) is 1.30. The van der Waals surface area contributed by atoms with Crippen molar-refractivity contribution in [1.29, 1.82) is 0 Å². The van der Waals surface area contributed by atoms with E-state index < -0.39 is 0 Å². The van der Waals surface area contributed by atoms with Gasteiger partial charge in [-0.1, -0.05) is 23.7 Å². The summed E-state index contributed by atoms with van der Waals surface area (Å²) in [6.07, 6.45) is 3.00. The molecule has 1 aromatic heterocycles. The number of phenolic OH excluding ortho intramolecular Hbond substituents is 1. The molecule has 0 aliphatic rings. The third-order valence-electron chi connectivity index (χ3n) is 2.70. The number of aromatic hydroxyl groups is 1. The summed E-state index contributed by atoms with van der Waals surface area (Å²) in [5.74, 6) is 0.0132. The van der Waals surface area contributed by atoms with Crippen molar-refractivity contribution >= 4 is 17.5 Å². The molecule has 0 unspecified atom stereocenters. The highest BCUT2D eigenvalue weighted by atomic mass is 35.5. The van der Waals surface area contributed by atoms with Crippen LogP contribution in [0.5, 0.6) is 5.75 Å². The lowest BCUT2D eigenvalue weighted by Crippen LogP contribution is -2.26. The summed E-state index contributed by atoms with van der Waals surface area (Å²) < 4.78 is 0. The molecule has 0 aliphatic heterocycles. The second-order valence-electron chi connectivity index (χ2n) is 4.18. The van der Waals surface area contributed by atoms with Gasteiger partial charge in [-0.2, -0.15) is 0 Å². The van der Waals surface area contributed by atoms with Gasteiger partial charge in [-0.05, 0) is 23.8 Å². The maximum Gasteiger partial charge on any atom is 0.256 e. The fraction of sp³-hybridized carbons (Fsp3) is 0.143. The van der Waals surface area contributed by atoms with Crippen molar-refractivity contribution in [3.05, 3.63) is 58.9 Å². The van der Waals surface area contributed by atoms with Crippen LogP contribution in [0.25, 0.3) is 0 Å². The van der Waals surface area contributed by atoms with E-state index in [0.717, 1.165) is 5.56 Å². The Morgan fingerprint density at radius 2 is 2.00 bits per heavy atom. The van der Waals surface area contributed by atoms with Gasteiger partial charge in [-0.25, -0.2) is 0 Å². The highest BCUT2D eigenvalue weighted by Crippen LogP contribution is 2.17. The molecule has 0 radical (unpaired) electrons. The summed E-state index contributed by atoms with van der Waals surface area (Å²) >= 11 is 5.97. The van der Waals surface area contributed by atoms with E-state index in [-0.39, 0.29) is 11.7 Å². The monoisotopic (exact) mass is 276 g/mol. The van der Waals surface area contributed by atoms with Crippen molar-refractivity contribution < 1.29 is 9.90 Å². The third kappa shape index (κ3) is 3.23. The summed E-state index contributed by atoms with van der Waals surface area (Å²) in [7, 11) is 1.69. The normalized spacial score (nSPS) is 10.2. The zero-order valence-corrected chi connectivity index (χ0v) is 11.1. The van der Waals surface area contributed by atoms with Crippen molar-refractivity contribution in [3.63, 3.8) is 0 Å². The molecule has 19 heavy (non-hydrogen) atoms. The Balaban J connectivity index is 2.12. The number of hydrogen-bond acceptors (Lipinski definition) is 3. The number of halogens is 1. The first-order valence-corrected chi connectivity index (χ1v) is 6.08. The van der Waals surface area contributed by atoms with Gasteiger partial charge < -0.3 is 10.0 Å². The smallest absolute Gasteiger partial charge is 0.256 e. The Labute approximate surface area is 116 Å². The SMILES string of the molecule is CN(Cc1ccc(O)cc1)C(=O)c1cnccc1Cl. The molecule has 0 spiro atoms. The number of rotatable bonds is 3. The summed E-state index contributed by atoms with van der Waals surface area (Å²) in [6, 6.07) is 8.30. The van der Waals surface area contributed by atoms with Crippen LogP contribution in [-0.4, -0.2) is 27.9 Å². The van der Waals surface area contributed by atoms with Crippen LogP contribution in [0.1, 0.15) is 15.9 Å². The van der Waals surface area contributed by atoms with E-state index in [1.54, 1.807) is 48.5 Å². The maximum atomic E-state index is 12.2. The fourth-order valence-corrected chi connectivity index (χ4v) is 1.87. The van der Waals surface area contributed by atoms with Crippen molar-refractivity contribution in [1.82, 2.24) is 9.88 Å². The number of nitrogens with zero attached hydrogens (tertiary/aromatic N) is 2. The topological polar surface area (TPSA) is 53.4 Å². The van der Waals surface area contributed by atoms with Gasteiger partial charge >= 0.3 is 0 Å². The van der Waals surface area contributed by atoms with Gasteiger partial charge in [0.05, 0.1) is 10.6 Å². The molecule has 1 heterocycles. The highest BCUT2D eigenvalue weighted by molar-refractivity contribution is 6.33. The van der Waals surface area contributed by atoms with Crippen LogP contribution >= 0.6 is 11.6 Å². The van der Waals surface area contributed by atoms with E-state index in [0.29, 0.717) is 17.1 Å². The van der Waals surface area contributed by atoms with Crippen LogP contribution in [-0.2, 0) is 6.54 Å². The van der Waals surface area contributed by atoms with Crippen molar-refractivity contribution in [2.75, 3.05) is 7.05 Å². The van der Waals surface area contributed by atoms with Crippen LogP contribution in [0.15, 0.2) is 42.7 Å². The van der Waals surface area contributed by atoms with Gasteiger partial charge in [0, 0.05) is 26.0 Å². The molecule has 0 aliphatic carbocycles. The largest absolute Gasteiger partial charge is 0.508 e. The van der Waals surface area contributed by atoms with Crippen LogP contribution in [0.4, 0.5) is 0 Å². The molecule has 1 N–H and O–H groups in total. The number of carbonyl (C=O) groups excluding carboxylic acids is 1.